The van der Waals surface area contributed by atoms with Gasteiger partial charge in [-0.05, 0) is 25.1 Å². The largest absolute Gasteiger partial charge is 0.469 e. The first kappa shape index (κ1) is 13.4. The van der Waals surface area contributed by atoms with Gasteiger partial charge in [0.2, 0.25) is 5.91 Å². The van der Waals surface area contributed by atoms with E-state index in [0.717, 1.165) is 16.7 Å². The van der Waals surface area contributed by atoms with Crippen molar-refractivity contribution >= 4 is 16.9 Å². The highest BCUT2D eigenvalue weighted by atomic mass is 16.5. The minimum Gasteiger partial charge on any atom is -0.469 e. The quantitative estimate of drug-likeness (QED) is 0.739. The number of likely N-dealkylation sites (N-methyl/N-ethyl adjacent to an activating group) is 1. The summed E-state index contributed by atoms with van der Waals surface area (Å²) in [7, 11) is 1.77. The smallest absolute Gasteiger partial charge is 0.228 e. The van der Waals surface area contributed by atoms with E-state index < -0.39 is 0 Å². The highest BCUT2D eigenvalue weighted by molar-refractivity contribution is 5.86. The van der Waals surface area contributed by atoms with Gasteiger partial charge in [-0.3, -0.25) is 4.79 Å². The molecule has 0 saturated heterocycles. The number of carbonyl (C=O) groups excluding carboxylic acids is 1. The first-order chi connectivity index (χ1) is 10.1. The van der Waals surface area contributed by atoms with Crippen LogP contribution in [-0.4, -0.2) is 23.0 Å². The fourth-order valence-corrected chi connectivity index (χ4v) is 2.26. The van der Waals surface area contributed by atoms with Crippen LogP contribution in [0.5, 0.6) is 0 Å². The van der Waals surface area contributed by atoms with Crippen molar-refractivity contribution in [1.29, 1.82) is 0 Å². The van der Waals surface area contributed by atoms with Crippen molar-refractivity contribution in [3.05, 3.63) is 53.6 Å². The van der Waals surface area contributed by atoms with Crippen LogP contribution in [0.25, 0.3) is 11.0 Å². The minimum atomic E-state index is -0.00495. The Bertz CT molecular complexity index is 773. The number of nitrogens with zero attached hydrogens (tertiary/aromatic N) is 2. The lowest BCUT2D eigenvalue weighted by molar-refractivity contribution is -0.129. The number of aryl methyl sites for hydroxylation is 1. The predicted octanol–water partition coefficient (Wildman–Crippen LogP) is 2.93. The second kappa shape index (κ2) is 5.44. The van der Waals surface area contributed by atoms with Crippen molar-refractivity contribution in [1.82, 2.24) is 10.1 Å². The maximum absolute atomic E-state index is 12.3. The Labute approximate surface area is 122 Å². The summed E-state index contributed by atoms with van der Waals surface area (Å²) in [5.74, 6) is 0.830. The third-order valence-electron chi connectivity index (χ3n) is 3.57. The van der Waals surface area contributed by atoms with E-state index in [0.29, 0.717) is 17.8 Å². The Morgan fingerprint density at radius 1 is 1.29 bits per heavy atom. The number of para-hydroxylation sites is 1. The third kappa shape index (κ3) is 2.67. The normalized spacial score (nSPS) is 11.0. The van der Waals surface area contributed by atoms with Gasteiger partial charge >= 0.3 is 0 Å². The van der Waals surface area contributed by atoms with Gasteiger partial charge < -0.3 is 13.8 Å². The van der Waals surface area contributed by atoms with Gasteiger partial charge in [-0.15, -0.1) is 0 Å². The van der Waals surface area contributed by atoms with E-state index in [1.165, 1.54) is 0 Å². The lowest BCUT2D eigenvalue weighted by Crippen LogP contribution is -2.27. The minimum absolute atomic E-state index is 0.00495. The fraction of sp³-hybridized carbons (Fsp3) is 0.250. The number of benzene rings is 1. The standard InChI is InChI=1S/C16H16N2O3/c1-11-12(7-8-20-11)10-18(2)16(19)9-14-13-5-3-4-6-15(13)21-17-14/h3-8H,9-10H2,1-2H3. The monoisotopic (exact) mass is 284 g/mol. The van der Waals surface area contributed by atoms with Gasteiger partial charge in [0, 0.05) is 24.5 Å². The van der Waals surface area contributed by atoms with Gasteiger partial charge in [0.05, 0.1) is 12.7 Å². The molecule has 0 saturated carbocycles. The Kier molecular flexibility index (Phi) is 3.48. The van der Waals surface area contributed by atoms with Gasteiger partial charge in [-0.2, -0.15) is 0 Å². The van der Waals surface area contributed by atoms with Crippen LogP contribution >= 0.6 is 0 Å². The molecule has 3 rings (SSSR count). The van der Waals surface area contributed by atoms with Gasteiger partial charge in [0.25, 0.3) is 0 Å². The number of fused-ring (bicyclic) bond motifs is 1. The first-order valence-corrected chi connectivity index (χ1v) is 6.75. The Morgan fingerprint density at radius 3 is 2.86 bits per heavy atom. The Morgan fingerprint density at radius 2 is 2.10 bits per heavy atom. The van der Waals surface area contributed by atoms with Crippen LogP contribution in [0.3, 0.4) is 0 Å². The summed E-state index contributed by atoms with van der Waals surface area (Å²) in [6.07, 6.45) is 1.86. The second-order valence-electron chi connectivity index (χ2n) is 5.05. The molecule has 0 spiro atoms. The van der Waals surface area contributed by atoms with Crippen molar-refractivity contribution in [3.63, 3.8) is 0 Å². The van der Waals surface area contributed by atoms with Crippen molar-refractivity contribution < 1.29 is 13.7 Å². The molecule has 1 amide bonds. The number of rotatable bonds is 4. The zero-order valence-electron chi connectivity index (χ0n) is 12.0. The van der Waals surface area contributed by atoms with E-state index in [4.69, 9.17) is 8.94 Å². The second-order valence-corrected chi connectivity index (χ2v) is 5.05. The van der Waals surface area contributed by atoms with Crippen LogP contribution in [0.1, 0.15) is 17.0 Å². The summed E-state index contributed by atoms with van der Waals surface area (Å²) < 4.78 is 10.5. The van der Waals surface area contributed by atoms with E-state index in [1.54, 1.807) is 18.2 Å². The molecule has 0 bridgehead atoms. The SMILES string of the molecule is Cc1occc1CN(C)C(=O)Cc1noc2ccccc12. The average Bonchev–Trinajstić information content (AvgIpc) is 3.07. The van der Waals surface area contributed by atoms with Gasteiger partial charge in [0.1, 0.15) is 11.5 Å². The van der Waals surface area contributed by atoms with Gasteiger partial charge in [0.15, 0.2) is 5.58 Å². The van der Waals surface area contributed by atoms with Crippen LogP contribution in [0, 0.1) is 6.92 Å². The fourth-order valence-electron chi connectivity index (χ4n) is 2.26. The number of aromatic nitrogens is 1. The molecule has 0 aliphatic rings. The molecule has 2 heterocycles. The van der Waals surface area contributed by atoms with Crippen molar-refractivity contribution in [2.24, 2.45) is 0 Å². The van der Waals surface area contributed by atoms with E-state index in [9.17, 15) is 4.79 Å². The number of hydrogen-bond acceptors (Lipinski definition) is 4. The Balaban J connectivity index is 1.72. The summed E-state index contributed by atoms with van der Waals surface area (Å²) in [6.45, 7) is 2.41. The molecule has 2 aromatic heterocycles. The summed E-state index contributed by atoms with van der Waals surface area (Å²) >= 11 is 0. The van der Waals surface area contributed by atoms with E-state index in [-0.39, 0.29) is 12.3 Å². The maximum atomic E-state index is 12.3. The predicted molar refractivity (Wildman–Crippen MR) is 77.6 cm³/mol. The number of carbonyl (C=O) groups is 1. The van der Waals surface area contributed by atoms with E-state index >= 15 is 0 Å². The molecule has 5 nitrogen and oxygen atoms in total. The van der Waals surface area contributed by atoms with Crippen LogP contribution in [0.4, 0.5) is 0 Å². The molecule has 0 atom stereocenters. The molecule has 0 unspecified atom stereocenters. The molecule has 3 aromatic rings. The molecule has 1 aromatic carbocycles. The van der Waals surface area contributed by atoms with Gasteiger partial charge in [-0.1, -0.05) is 17.3 Å². The number of hydrogen-bond donors (Lipinski definition) is 0. The zero-order chi connectivity index (χ0) is 14.8. The highest BCUT2D eigenvalue weighted by Crippen LogP contribution is 2.19. The van der Waals surface area contributed by atoms with Crippen LogP contribution in [0.2, 0.25) is 0 Å². The van der Waals surface area contributed by atoms with E-state index in [2.05, 4.69) is 5.16 Å². The Hall–Kier alpha value is -2.56. The lowest BCUT2D eigenvalue weighted by Gasteiger charge is -2.16. The number of amides is 1. The summed E-state index contributed by atoms with van der Waals surface area (Å²) in [6, 6.07) is 9.42. The first-order valence-electron chi connectivity index (χ1n) is 6.75. The molecular formula is C16H16N2O3. The van der Waals surface area contributed by atoms with Crippen LogP contribution in [-0.2, 0) is 17.8 Å². The molecule has 0 N–H and O–H groups in total. The van der Waals surface area contributed by atoms with Crippen molar-refractivity contribution in [2.75, 3.05) is 7.05 Å². The summed E-state index contributed by atoms with van der Waals surface area (Å²) in [5, 5.41) is 4.88. The van der Waals surface area contributed by atoms with Crippen molar-refractivity contribution in [3.8, 4) is 0 Å². The van der Waals surface area contributed by atoms with Crippen LogP contribution < -0.4 is 0 Å². The van der Waals surface area contributed by atoms with E-state index in [1.807, 2.05) is 37.3 Å². The number of furan rings is 1. The summed E-state index contributed by atoms with van der Waals surface area (Å²) in [4.78, 5) is 14.0. The molecule has 21 heavy (non-hydrogen) atoms. The topological polar surface area (TPSA) is 59.5 Å². The molecule has 0 radical (unpaired) electrons. The maximum Gasteiger partial charge on any atom is 0.228 e. The highest BCUT2D eigenvalue weighted by Gasteiger charge is 2.16. The third-order valence-corrected chi connectivity index (χ3v) is 3.57. The molecule has 0 aliphatic heterocycles. The molecule has 0 aliphatic carbocycles. The van der Waals surface area contributed by atoms with Crippen molar-refractivity contribution in [2.45, 2.75) is 19.9 Å². The molecule has 5 heteroatoms. The molecular weight excluding hydrogens is 268 g/mol. The van der Waals surface area contributed by atoms with Gasteiger partial charge in [-0.25, -0.2) is 0 Å². The summed E-state index contributed by atoms with van der Waals surface area (Å²) in [5.41, 5.74) is 2.39. The average molecular weight is 284 g/mol. The van der Waals surface area contributed by atoms with Crippen LogP contribution in [0.15, 0.2) is 45.5 Å². The molecule has 0 fully saturated rings. The lowest BCUT2D eigenvalue weighted by atomic mass is 10.1. The molecule has 108 valence electrons. The zero-order valence-corrected chi connectivity index (χ0v) is 12.0.